The van der Waals surface area contributed by atoms with Crippen LogP contribution >= 0.6 is 0 Å². The zero-order valence-electron chi connectivity index (χ0n) is 15.0. The first-order valence-corrected chi connectivity index (χ1v) is 9.49. The summed E-state index contributed by atoms with van der Waals surface area (Å²) in [6, 6.07) is 11.8. The van der Waals surface area contributed by atoms with Crippen LogP contribution in [-0.4, -0.2) is 17.8 Å². The summed E-state index contributed by atoms with van der Waals surface area (Å²) >= 11 is 0. The lowest BCUT2D eigenvalue weighted by atomic mass is 9.81. The molecule has 28 heavy (non-hydrogen) atoms. The summed E-state index contributed by atoms with van der Waals surface area (Å²) < 4.78 is 18.9. The molecule has 0 N–H and O–H groups in total. The van der Waals surface area contributed by atoms with Gasteiger partial charge in [0.15, 0.2) is 0 Å². The van der Waals surface area contributed by atoms with E-state index in [1.807, 2.05) is 0 Å². The maximum Gasteiger partial charge on any atom is 0.346 e. The molecule has 6 heteroatoms. The average molecular weight is 379 g/mol. The van der Waals surface area contributed by atoms with Gasteiger partial charge in [0.25, 0.3) is 0 Å². The fourth-order valence-electron chi connectivity index (χ4n) is 5.12. The van der Waals surface area contributed by atoms with Crippen LogP contribution in [0, 0.1) is 29.5 Å². The molecular weight excluding hydrogens is 361 g/mol. The Balaban J connectivity index is 1.35. The number of halogens is 1. The van der Waals surface area contributed by atoms with Crippen molar-refractivity contribution in [2.75, 3.05) is 4.90 Å². The van der Waals surface area contributed by atoms with Gasteiger partial charge in [-0.05, 0) is 67.5 Å². The highest BCUT2D eigenvalue weighted by Gasteiger charge is 2.61. The molecule has 1 saturated heterocycles. The van der Waals surface area contributed by atoms with Gasteiger partial charge in [-0.2, -0.15) is 0 Å². The maximum atomic E-state index is 13.7. The van der Waals surface area contributed by atoms with E-state index in [1.165, 1.54) is 35.2 Å². The minimum absolute atomic E-state index is 0.113. The number of ether oxygens (including phenoxy) is 1. The monoisotopic (exact) mass is 379 g/mol. The summed E-state index contributed by atoms with van der Waals surface area (Å²) in [5.41, 5.74) is 0.328. The van der Waals surface area contributed by atoms with Gasteiger partial charge >= 0.3 is 5.97 Å². The van der Waals surface area contributed by atoms with Crippen LogP contribution in [-0.2, 0) is 9.59 Å². The van der Waals surface area contributed by atoms with Crippen molar-refractivity contribution in [1.29, 1.82) is 0 Å². The van der Waals surface area contributed by atoms with Crippen LogP contribution in [0.4, 0.5) is 10.1 Å². The average Bonchev–Trinajstić information content (AvgIpc) is 3.37. The first-order valence-electron chi connectivity index (χ1n) is 9.49. The zero-order chi connectivity index (χ0) is 19.4. The molecule has 2 amide bonds. The van der Waals surface area contributed by atoms with Crippen molar-refractivity contribution < 1.29 is 23.5 Å². The molecule has 5 nitrogen and oxygen atoms in total. The van der Waals surface area contributed by atoms with Crippen molar-refractivity contribution in [2.45, 2.75) is 19.3 Å². The van der Waals surface area contributed by atoms with E-state index >= 15 is 0 Å². The van der Waals surface area contributed by atoms with E-state index in [0.717, 1.165) is 19.3 Å². The van der Waals surface area contributed by atoms with Crippen LogP contribution in [0.25, 0.3) is 0 Å². The molecule has 2 bridgehead atoms. The second-order valence-electron chi connectivity index (χ2n) is 7.76. The Morgan fingerprint density at radius 2 is 1.54 bits per heavy atom. The van der Waals surface area contributed by atoms with Gasteiger partial charge in [-0.3, -0.25) is 14.5 Å². The largest absolute Gasteiger partial charge is 0.423 e. The number of anilines is 1. The summed E-state index contributed by atoms with van der Waals surface area (Å²) in [4.78, 5) is 39.1. The van der Waals surface area contributed by atoms with Crippen molar-refractivity contribution in [2.24, 2.45) is 23.7 Å². The van der Waals surface area contributed by atoms with Gasteiger partial charge in [-0.15, -0.1) is 0 Å². The van der Waals surface area contributed by atoms with Crippen molar-refractivity contribution in [3.8, 4) is 5.75 Å². The van der Waals surface area contributed by atoms with Crippen molar-refractivity contribution in [1.82, 2.24) is 0 Å². The number of imide groups is 1. The van der Waals surface area contributed by atoms with Crippen LogP contribution in [0.15, 0.2) is 48.5 Å². The van der Waals surface area contributed by atoms with Gasteiger partial charge in [0.05, 0.1) is 23.1 Å². The highest BCUT2D eigenvalue weighted by molar-refractivity contribution is 6.22. The molecule has 3 aliphatic rings. The van der Waals surface area contributed by atoms with Crippen molar-refractivity contribution in [3.05, 3.63) is 59.9 Å². The van der Waals surface area contributed by atoms with Crippen molar-refractivity contribution in [3.63, 3.8) is 0 Å². The number of fused-ring (bicyclic) bond motifs is 5. The quantitative estimate of drug-likeness (QED) is 0.465. The third-order valence-electron chi connectivity index (χ3n) is 6.33. The molecule has 4 atom stereocenters. The number of hydrogen-bond acceptors (Lipinski definition) is 4. The third-order valence-corrected chi connectivity index (χ3v) is 6.33. The number of amides is 2. The molecule has 2 aromatic carbocycles. The summed E-state index contributed by atoms with van der Waals surface area (Å²) in [7, 11) is 0. The molecule has 142 valence electrons. The van der Waals surface area contributed by atoms with Crippen LogP contribution in [0.1, 0.15) is 29.6 Å². The summed E-state index contributed by atoms with van der Waals surface area (Å²) in [6.07, 6.45) is 3.05. The molecule has 0 spiro atoms. The molecule has 5 rings (SSSR count). The molecule has 0 radical (unpaired) electrons. The molecule has 0 unspecified atom stereocenters. The highest BCUT2D eigenvalue weighted by atomic mass is 19.1. The topological polar surface area (TPSA) is 63.7 Å². The first kappa shape index (κ1) is 17.1. The van der Waals surface area contributed by atoms with E-state index in [-0.39, 0.29) is 35.0 Å². The number of esters is 1. The lowest BCUT2D eigenvalue weighted by molar-refractivity contribution is -0.123. The Morgan fingerprint density at radius 1 is 0.929 bits per heavy atom. The number of rotatable bonds is 3. The second kappa shape index (κ2) is 6.26. The Kier molecular flexibility index (Phi) is 3.82. The highest BCUT2D eigenvalue weighted by Crippen LogP contribution is 2.56. The first-order chi connectivity index (χ1) is 13.5. The number of benzene rings is 2. The Morgan fingerprint density at radius 3 is 2.14 bits per heavy atom. The van der Waals surface area contributed by atoms with Gasteiger partial charge in [0.1, 0.15) is 11.6 Å². The van der Waals surface area contributed by atoms with Gasteiger partial charge < -0.3 is 4.74 Å². The lowest BCUT2D eigenvalue weighted by Gasteiger charge is -2.19. The summed E-state index contributed by atoms with van der Waals surface area (Å²) in [6.45, 7) is 0. The van der Waals surface area contributed by atoms with E-state index in [4.69, 9.17) is 4.74 Å². The van der Waals surface area contributed by atoms with E-state index in [0.29, 0.717) is 17.5 Å². The minimum Gasteiger partial charge on any atom is -0.423 e. The van der Waals surface area contributed by atoms with Crippen LogP contribution in [0.3, 0.4) is 0 Å². The van der Waals surface area contributed by atoms with E-state index in [1.54, 1.807) is 18.2 Å². The smallest absolute Gasteiger partial charge is 0.346 e. The number of carbonyl (C=O) groups excluding carboxylic acids is 3. The van der Waals surface area contributed by atoms with Gasteiger partial charge in [0.2, 0.25) is 11.8 Å². The SMILES string of the molecule is O=C(Oc1ccc(N2C(=O)[C@H]3[C@H]4CC[C@@H](C4)[C@@H]3C2=O)cc1)c1ccccc1F. The third kappa shape index (κ3) is 2.47. The van der Waals surface area contributed by atoms with Crippen LogP contribution in [0.2, 0.25) is 0 Å². The van der Waals surface area contributed by atoms with Gasteiger partial charge in [-0.1, -0.05) is 12.1 Å². The summed E-state index contributed by atoms with van der Waals surface area (Å²) in [5, 5.41) is 0. The van der Waals surface area contributed by atoms with E-state index in [9.17, 15) is 18.8 Å². The fourth-order valence-corrected chi connectivity index (χ4v) is 5.12. The molecule has 2 aromatic rings. The molecule has 1 heterocycles. The number of carbonyl (C=O) groups is 3. The van der Waals surface area contributed by atoms with E-state index in [2.05, 4.69) is 0 Å². The van der Waals surface area contributed by atoms with Gasteiger partial charge in [0, 0.05) is 0 Å². The Bertz CT molecular complexity index is 958. The molecule has 0 aromatic heterocycles. The zero-order valence-corrected chi connectivity index (χ0v) is 15.0. The second-order valence-corrected chi connectivity index (χ2v) is 7.76. The van der Waals surface area contributed by atoms with Crippen LogP contribution in [0.5, 0.6) is 5.75 Å². The predicted octanol–water partition coefficient (Wildman–Crippen LogP) is 3.58. The maximum absolute atomic E-state index is 13.7. The molecular formula is C22H18FNO4. The standard InChI is InChI=1S/C22H18FNO4/c23-17-4-2-1-3-16(17)22(27)28-15-9-7-14(8-10-15)24-20(25)18-12-5-6-13(11-12)19(18)21(24)26/h1-4,7-10,12-13,18-19H,5-6,11H2/t12-,13-,18-,19-/m0/s1. The normalized spacial score (nSPS) is 28.0. The molecule has 1 aliphatic heterocycles. The predicted molar refractivity (Wildman–Crippen MR) is 98.1 cm³/mol. The van der Waals surface area contributed by atoms with E-state index < -0.39 is 11.8 Å². The molecule has 2 saturated carbocycles. The Labute approximate surface area is 161 Å². The number of hydrogen-bond donors (Lipinski definition) is 0. The number of nitrogens with zero attached hydrogens (tertiary/aromatic N) is 1. The molecule has 2 aliphatic carbocycles. The lowest BCUT2D eigenvalue weighted by Crippen LogP contribution is -2.32. The van der Waals surface area contributed by atoms with Crippen molar-refractivity contribution >= 4 is 23.5 Å². The summed E-state index contributed by atoms with van der Waals surface area (Å²) in [5.74, 6) is -1.15. The fraction of sp³-hybridized carbons (Fsp3) is 0.318. The minimum atomic E-state index is -0.801. The van der Waals surface area contributed by atoms with Crippen LogP contribution < -0.4 is 9.64 Å². The van der Waals surface area contributed by atoms with Gasteiger partial charge in [-0.25, -0.2) is 9.18 Å². The molecule has 3 fully saturated rings. The Hall–Kier alpha value is -3.02.